The number of piperidine rings is 1. The van der Waals surface area contributed by atoms with Gasteiger partial charge >= 0.3 is 0 Å². The third-order valence-corrected chi connectivity index (χ3v) is 4.77. The zero-order valence-electron chi connectivity index (χ0n) is 12.3. The van der Waals surface area contributed by atoms with Crippen LogP contribution < -0.4 is 5.73 Å². The molecule has 3 unspecified atom stereocenters. The maximum atomic E-state index is 6.07. The van der Waals surface area contributed by atoms with Crippen molar-refractivity contribution in [3.8, 4) is 0 Å². The number of nitrogens with two attached hydrogens (primary N) is 1. The highest BCUT2D eigenvalue weighted by Crippen LogP contribution is 2.24. The van der Waals surface area contributed by atoms with Gasteiger partial charge in [-0.2, -0.15) is 0 Å². The van der Waals surface area contributed by atoms with Crippen molar-refractivity contribution in [2.45, 2.75) is 70.5 Å². The van der Waals surface area contributed by atoms with Gasteiger partial charge in [-0.05, 0) is 65.1 Å². The molecule has 2 aliphatic rings. The summed E-state index contributed by atoms with van der Waals surface area (Å²) in [6.45, 7) is 9.78. The molecule has 3 atom stereocenters. The third kappa shape index (κ3) is 3.69. The molecule has 3 nitrogen and oxygen atoms in total. The zero-order valence-corrected chi connectivity index (χ0v) is 12.3. The van der Waals surface area contributed by atoms with Gasteiger partial charge in [-0.1, -0.05) is 6.92 Å². The SMILES string of the molecule is CCCN1CCCC(N2CCC(N)CC2C)CC1. The minimum absolute atomic E-state index is 0.443. The lowest BCUT2D eigenvalue weighted by molar-refractivity contribution is 0.0866. The summed E-state index contributed by atoms with van der Waals surface area (Å²) in [6, 6.07) is 1.95. The highest BCUT2D eigenvalue weighted by atomic mass is 15.2. The average molecular weight is 253 g/mol. The van der Waals surface area contributed by atoms with Crippen molar-refractivity contribution in [1.29, 1.82) is 0 Å². The molecule has 0 amide bonds. The van der Waals surface area contributed by atoms with Crippen LogP contribution in [0.4, 0.5) is 0 Å². The van der Waals surface area contributed by atoms with Crippen molar-refractivity contribution < 1.29 is 0 Å². The van der Waals surface area contributed by atoms with Crippen molar-refractivity contribution >= 4 is 0 Å². The Morgan fingerprint density at radius 1 is 1.11 bits per heavy atom. The first-order valence-electron chi connectivity index (χ1n) is 7.94. The highest BCUT2D eigenvalue weighted by molar-refractivity contribution is 4.87. The molecule has 0 aromatic heterocycles. The Kier molecular flexibility index (Phi) is 5.46. The predicted octanol–water partition coefficient (Wildman–Crippen LogP) is 2.06. The number of nitrogens with zero attached hydrogens (tertiary/aromatic N) is 2. The van der Waals surface area contributed by atoms with Crippen molar-refractivity contribution in [2.24, 2.45) is 5.73 Å². The van der Waals surface area contributed by atoms with E-state index in [1.54, 1.807) is 0 Å². The van der Waals surface area contributed by atoms with E-state index in [0.717, 1.165) is 6.04 Å². The monoisotopic (exact) mass is 253 g/mol. The molecule has 3 heteroatoms. The summed E-state index contributed by atoms with van der Waals surface area (Å²) in [5, 5.41) is 0. The molecule has 0 radical (unpaired) electrons. The molecule has 2 aliphatic heterocycles. The number of hydrogen-bond donors (Lipinski definition) is 1. The smallest absolute Gasteiger partial charge is 0.0111 e. The summed E-state index contributed by atoms with van der Waals surface area (Å²) < 4.78 is 0. The van der Waals surface area contributed by atoms with E-state index in [1.807, 2.05) is 0 Å². The first-order chi connectivity index (χ1) is 8.70. The van der Waals surface area contributed by atoms with E-state index >= 15 is 0 Å². The lowest BCUT2D eigenvalue weighted by atomic mass is 9.95. The summed E-state index contributed by atoms with van der Waals surface area (Å²) in [5.41, 5.74) is 6.07. The lowest BCUT2D eigenvalue weighted by Gasteiger charge is -2.41. The first kappa shape index (κ1) is 14.3. The minimum Gasteiger partial charge on any atom is -0.328 e. The molecule has 2 saturated heterocycles. The Balaban J connectivity index is 1.85. The van der Waals surface area contributed by atoms with E-state index in [2.05, 4.69) is 23.6 Å². The molecular weight excluding hydrogens is 222 g/mol. The molecule has 0 aromatic carbocycles. The third-order valence-electron chi connectivity index (χ3n) is 4.77. The fourth-order valence-electron chi connectivity index (χ4n) is 3.78. The molecule has 106 valence electrons. The largest absolute Gasteiger partial charge is 0.328 e. The van der Waals surface area contributed by atoms with Gasteiger partial charge in [0, 0.05) is 24.7 Å². The molecule has 0 saturated carbocycles. The standard InChI is InChI=1S/C15H31N3/c1-3-8-17-9-4-5-15(7-10-17)18-11-6-14(16)12-13(18)2/h13-15H,3-12,16H2,1-2H3. The summed E-state index contributed by atoms with van der Waals surface area (Å²) >= 11 is 0. The van der Waals surface area contributed by atoms with Crippen LogP contribution in [0, 0.1) is 0 Å². The molecule has 0 bridgehead atoms. The van der Waals surface area contributed by atoms with Crippen LogP contribution in [0.25, 0.3) is 0 Å². The van der Waals surface area contributed by atoms with Crippen LogP contribution in [0.15, 0.2) is 0 Å². The number of likely N-dealkylation sites (tertiary alicyclic amines) is 2. The quantitative estimate of drug-likeness (QED) is 0.835. The van der Waals surface area contributed by atoms with Crippen LogP contribution in [0.1, 0.15) is 52.4 Å². The average Bonchev–Trinajstić information content (AvgIpc) is 2.55. The van der Waals surface area contributed by atoms with Crippen LogP contribution in [-0.2, 0) is 0 Å². The summed E-state index contributed by atoms with van der Waals surface area (Å²) in [6.07, 6.45) is 7.80. The molecular formula is C15H31N3. The van der Waals surface area contributed by atoms with Gasteiger partial charge in [-0.25, -0.2) is 0 Å². The van der Waals surface area contributed by atoms with Crippen LogP contribution in [-0.4, -0.2) is 54.1 Å². The van der Waals surface area contributed by atoms with Gasteiger partial charge in [0.05, 0.1) is 0 Å². The molecule has 0 aliphatic carbocycles. The van der Waals surface area contributed by atoms with Gasteiger partial charge in [0.2, 0.25) is 0 Å². The van der Waals surface area contributed by atoms with Crippen LogP contribution >= 0.6 is 0 Å². The number of hydrogen-bond acceptors (Lipinski definition) is 3. The Morgan fingerprint density at radius 3 is 2.67 bits per heavy atom. The molecule has 2 rings (SSSR count). The van der Waals surface area contributed by atoms with Crippen molar-refractivity contribution in [1.82, 2.24) is 9.80 Å². The van der Waals surface area contributed by atoms with E-state index in [4.69, 9.17) is 5.73 Å². The maximum absolute atomic E-state index is 6.07. The van der Waals surface area contributed by atoms with E-state index in [-0.39, 0.29) is 0 Å². The van der Waals surface area contributed by atoms with Crippen LogP contribution in [0.2, 0.25) is 0 Å². The fraction of sp³-hybridized carbons (Fsp3) is 1.00. The summed E-state index contributed by atoms with van der Waals surface area (Å²) in [7, 11) is 0. The van der Waals surface area contributed by atoms with Gasteiger partial charge in [-0.15, -0.1) is 0 Å². The van der Waals surface area contributed by atoms with Gasteiger partial charge < -0.3 is 10.6 Å². The fourth-order valence-corrected chi connectivity index (χ4v) is 3.78. The van der Waals surface area contributed by atoms with Gasteiger partial charge in [0.15, 0.2) is 0 Å². The van der Waals surface area contributed by atoms with Crippen molar-refractivity contribution in [3.05, 3.63) is 0 Å². The van der Waals surface area contributed by atoms with Gasteiger partial charge in [0.25, 0.3) is 0 Å². The van der Waals surface area contributed by atoms with E-state index in [9.17, 15) is 0 Å². The molecule has 2 heterocycles. The minimum atomic E-state index is 0.443. The second-order valence-electron chi connectivity index (χ2n) is 6.30. The van der Waals surface area contributed by atoms with Crippen molar-refractivity contribution in [2.75, 3.05) is 26.2 Å². The molecule has 0 spiro atoms. The normalized spacial score (nSPS) is 36.5. The van der Waals surface area contributed by atoms with E-state index < -0.39 is 0 Å². The second-order valence-corrected chi connectivity index (χ2v) is 6.30. The molecule has 0 aromatic rings. The highest BCUT2D eigenvalue weighted by Gasteiger charge is 2.30. The van der Waals surface area contributed by atoms with Gasteiger partial charge in [-0.3, -0.25) is 4.90 Å². The van der Waals surface area contributed by atoms with Crippen LogP contribution in [0.5, 0.6) is 0 Å². The second kappa shape index (κ2) is 6.88. The Labute approximate surface area is 113 Å². The predicted molar refractivity (Wildman–Crippen MR) is 77.7 cm³/mol. The Bertz CT molecular complexity index is 244. The maximum Gasteiger partial charge on any atom is 0.0111 e. The Hall–Kier alpha value is -0.120. The Morgan fingerprint density at radius 2 is 1.94 bits per heavy atom. The molecule has 2 fully saturated rings. The molecule has 18 heavy (non-hydrogen) atoms. The lowest BCUT2D eigenvalue weighted by Crippen LogP contribution is -2.50. The summed E-state index contributed by atoms with van der Waals surface area (Å²) in [4.78, 5) is 5.40. The first-order valence-corrected chi connectivity index (χ1v) is 7.94. The molecule has 2 N–H and O–H groups in total. The van der Waals surface area contributed by atoms with E-state index in [1.165, 1.54) is 64.7 Å². The summed E-state index contributed by atoms with van der Waals surface area (Å²) in [5.74, 6) is 0. The topological polar surface area (TPSA) is 32.5 Å². The van der Waals surface area contributed by atoms with Crippen LogP contribution in [0.3, 0.4) is 0 Å². The van der Waals surface area contributed by atoms with Crippen molar-refractivity contribution in [3.63, 3.8) is 0 Å². The number of rotatable bonds is 3. The van der Waals surface area contributed by atoms with E-state index in [0.29, 0.717) is 12.1 Å². The zero-order chi connectivity index (χ0) is 13.0. The van der Waals surface area contributed by atoms with Gasteiger partial charge in [0.1, 0.15) is 0 Å².